The van der Waals surface area contributed by atoms with E-state index in [9.17, 15) is 28.7 Å². The highest BCUT2D eigenvalue weighted by molar-refractivity contribution is 6.11. The summed E-state index contributed by atoms with van der Waals surface area (Å²) in [4.78, 5) is 55.0. The van der Waals surface area contributed by atoms with E-state index in [1.165, 1.54) is 45.9 Å². The number of carboxylic acid groups (broad SMARTS) is 1. The van der Waals surface area contributed by atoms with Crippen LogP contribution in [-0.4, -0.2) is 43.6 Å². The van der Waals surface area contributed by atoms with Gasteiger partial charge in [-0.15, -0.1) is 0 Å². The Morgan fingerprint density at radius 2 is 1.52 bits per heavy atom. The molecule has 1 amide bonds. The first-order valence-electron chi connectivity index (χ1n) is 16.0. The third-order valence-electron chi connectivity index (χ3n) is 8.83. The lowest BCUT2D eigenvalue weighted by Crippen LogP contribution is -2.62. The zero-order valence-electron chi connectivity index (χ0n) is 27.3. The van der Waals surface area contributed by atoms with Gasteiger partial charge in [0.2, 0.25) is 0 Å². The van der Waals surface area contributed by atoms with E-state index in [1.807, 2.05) is 30.3 Å². The topological polar surface area (TPSA) is 132 Å². The van der Waals surface area contributed by atoms with Crippen LogP contribution in [0.1, 0.15) is 73.5 Å². The van der Waals surface area contributed by atoms with Gasteiger partial charge in [-0.3, -0.25) is 19.1 Å². The maximum atomic E-state index is 14.0. The fourth-order valence-electron chi connectivity index (χ4n) is 6.52. The Balaban J connectivity index is 1.54. The van der Waals surface area contributed by atoms with Gasteiger partial charge in [0.15, 0.2) is 11.3 Å². The standard InChI is InChI=1S/C38H40FN3O6/c1-37(2,3)48-36(47)41(38(35(45)46,28-11-7-8-12-28)23-25-9-5-4-6-10-25)24-26-13-19-30(20-14-26)42-32(43)22-21-31(34(42)40)33(44)27-15-17-29(39)18-16-27/h4-6,9-10,13-22,28H,7-8,11-12,23-24,40H2,1-3H3,(H,45,46). The monoisotopic (exact) mass is 653 g/mol. The molecule has 0 bridgehead atoms. The van der Waals surface area contributed by atoms with Gasteiger partial charge in [-0.1, -0.05) is 55.3 Å². The molecule has 250 valence electrons. The first kappa shape index (κ1) is 34.1. The molecule has 3 aromatic carbocycles. The predicted molar refractivity (Wildman–Crippen MR) is 181 cm³/mol. The normalized spacial score (nSPS) is 14.7. The number of aliphatic carboxylic acids is 1. The molecular weight excluding hydrogens is 613 g/mol. The number of amides is 1. The number of anilines is 1. The van der Waals surface area contributed by atoms with E-state index in [2.05, 4.69) is 0 Å². The molecule has 3 N–H and O–H groups in total. The highest BCUT2D eigenvalue weighted by atomic mass is 19.1. The van der Waals surface area contributed by atoms with Crippen LogP contribution >= 0.6 is 0 Å². The number of rotatable bonds is 10. The Bertz CT molecular complexity index is 1840. The van der Waals surface area contributed by atoms with E-state index in [-0.39, 0.29) is 35.8 Å². The Labute approximate surface area is 278 Å². The molecule has 1 aliphatic rings. The summed E-state index contributed by atoms with van der Waals surface area (Å²) in [6.45, 7) is 5.15. The molecule has 1 atom stereocenters. The number of halogens is 1. The van der Waals surface area contributed by atoms with Crippen LogP contribution in [0.25, 0.3) is 5.69 Å². The Morgan fingerprint density at radius 3 is 2.10 bits per heavy atom. The minimum atomic E-state index is -1.59. The lowest BCUT2D eigenvalue weighted by atomic mass is 9.76. The number of carboxylic acids is 1. The molecule has 0 saturated heterocycles. The first-order chi connectivity index (χ1) is 22.8. The van der Waals surface area contributed by atoms with Crippen molar-refractivity contribution in [2.75, 3.05) is 5.73 Å². The fourth-order valence-corrected chi connectivity index (χ4v) is 6.52. The van der Waals surface area contributed by atoms with E-state index >= 15 is 0 Å². The van der Waals surface area contributed by atoms with Gasteiger partial charge in [0, 0.05) is 18.1 Å². The summed E-state index contributed by atoms with van der Waals surface area (Å²) < 4.78 is 20.5. The van der Waals surface area contributed by atoms with E-state index in [1.54, 1.807) is 45.0 Å². The van der Waals surface area contributed by atoms with Gasteiger partial charge in [0.1, 0.15) is 17.2 Å². The summed E-state index contributed by atoms with van der Waals surface area (Å²) in [5.74, 6) is -2.45. The second kappa shape index (κ2) is 13.9. The van der Waals surface area contributed by atoms with Crippen LogP contribution in [0.5, 0.6) is 0 Å². The van der Waals surface area contributed by atoms with Crippen LogP contribution in [0, 0.1) is 11.7 Å². The highest BCUT2D eigenvalue weighted by Crippen LogP contribution is 2.42. The molecule has 1 aromatic heterocycles. The molecule has 4 aromatic rings. The third kappa shape index (κ3) is 7.17. The molecule has 0 spiro atoms. The smallest absolute Gasteiger partial charge is 0.411 e. The van der Waals surface area contributed by atoms with Crippen LogP contribution in [0.4, 0.5) is 15.0 Å². The maximum absolute atomic E-state index is 14.0. The lowest BCUT2D eigenvalue weighted by Gasteiger charge is -2.45. The summed E-state index contributed by atoms with van der Waals surface area (Å²) in [6, 6.07) is 23.5. The van der Waals surface area contributed by atoms with E-state index in [4.69, 9.17) is 10.5 Å². The third-order valence-corrected chi connectivity index (χ3v) is 8.83. The number of carbonyl (C=O) groups is 3. The van der Waals surface area contributed by atoms with E-state index in [0.717, 1.165) is 18.4 Å². The van der Waals surface area contributed by atoms with Gasteiger partial charge >= 0.3 is 12.1 Å². The van der Waals surface area contributed by atoms with Crippen LogP contribution in [0.2, 0.25) is 0 Å². The number of ether oxygens (including phenoxy) is 1. The molecule has 0 radical (unpaired) electrons. The van der Waals surface area contributed by atoms with Crippen LogP contribution < -0.4 is 11.3 Å². The average molecular weight is 654 g/mol. The van der Waals surface area contributed by atoms with Crippen LogP contribution in [-0.2, 0) is 22.5 Å². The second-order valence-corrected chi connectivity index (χ2v) is 13.2. The van der Waals surface area contributed by atoms with Crippen molar-refractivity contribution in [3.63, 3.8) is 0 Å². The number of ketones is 1. The highest BCUT2D eigenvalue weighted by Gasteiger charge is 2.54. The lowest BCUT2D eigenvalue weighted by molar-refractivity contribution is -0.156. The van der Waals surface area contributed by atoms with Gasteiger partial charge in [0.25, 0.3) is 5.56 Å². The van der Waals surface area contributed by atoms with Crippen molar-refractivity contribution >= 4 is 23.7 Å². The van der Waals surface area contributed by atoms with Crippen molar-refractivity contribution in [1.29, 1.82) is 0 Å². The van der Waals surface area contributed by atoms with Gasteiger partial charge in [-0.2, -0.15) is 0 Å². The number of nitrogens with zero attached hydrogens (tertiary/aromatic N) is 2. The van der Waals surface area contributed by atoms with Gasteiger partial charge in [0.05, 0.1) is 17.8 Å². The molecule has 1 unspecified atom stereocenters. The van der Waals surface area contributed by atoms with Crippen LogP contribution in [0.15, 0.2) is 95.8 Å². The molecule has 10 heteroatoms. The van der Waals surface area contributed by atoms with Gasteiger partial charge < -0.3 is 15.6 Å². The summed E-state index contributed by atoms with van der Waals surface area (Å²) in [7, 11) is 0. The Hall–Kier alpha value is -5.25. The van der Waals surface area contributed by atoms with Crippen LogP contribution in [0.3, 0.4) is 0 Å². The number of hydrogen-bond acceptors (Lipinski definition) is 6. The van der Waals surface area contributed by atoms with Crippen molar-refractivity contribution in [3.05, 3.63) is 129 Å². The number of benzene rings is 3. The zero-order chi connectivity index (χ0) is 34.6. The molecule has 1 fully saturated rings. The van der Waals surface area contributed by atoms with Crippen molar-refractivity contribution in [2.24, 2.45) is 5.92 Å². The second-order valence-electron chi connectivity index (χ2n) is 13.2. The van der Waals surface area contributed by atoms with Crippen molar-refractivity contribution in [1.82, 2.24) is 9.47 Å². The number of pyridine rings is 1. The summed E-state index contributed by atoms with van der Waals surface area (Å²) in [5, 5.41) is 11.0. The number of nitrogen functional groups attached to an aromatic ring is 1. The first-order valence-corrected chi connectivity index (χ1v) is 16.0. The number of aromatic nitrogens is 1. The summed E-state index contributed by atoms with van der Waals surface area (Å²) in [5.41, 5.74) is 5.48. The molecule has 9 nitrogen and oxygen atoms in total. The fraction of sp³-hybridized carbons (Fsp3) is 0.316. The van der Waals surface area contributed by atoms with Crippen molar-refractivity contribution in [3.8, 4) is 5.69 Å². The molecule has 1 aliphatic carbocycles. The number of hydrogen-bond donors (Lipinski definition) is 2. The van der Waals surface area contributed by atoms with Crippen molar-refractivity contribution in [2.45, 2.75) is 70.6 Å². The zero-order valence-corrected chi connectivity index (χ0v) is 27.3. The molecule has 5 rings (SSSR count). The number of nitrogens with two attached hydrogens (primary N) is 1. The van der Waals surface area contributed by atoms with Gasteiger partial charge in [-0.25, -0.2) is 14.0 Å². The predicted octanol–water partition coefficient (Wildman–Crippen LogP) is 6.78. The maximum Gasteiger partial charge on any atom is 0.411 e. The SMILES string of the molecule is CC(C)(C)OC(=O)N(Cc1ccc(-n2c(N)c(C(=O)c3ccc(F)cc3)ccc2=O)cc1)C(Cc1ccccc1)(C(=O)O)C1CCCC1. The molecule has 0 aliphatic heterocycles. The Kier molecular flexibility index (Phi) is 9.84. The molecule has 1 heterocycles. The minimum Gasteiger partial charge on any atom is -0.479 e. The van der Waals surface area contributed by atoms with Gasteiger partial charge in [-0.05, 0) is 93.1 Å². The molecule has 1 saturated carbocycles. The van der Waals surface area contributed by atoms with Crippen molar-refractivity contribution < 1.29 is 28.6 Å². The minimum absolute atomic E-state index is 0.0711. The summed E-state index contributed by atoms with van der Waals surface area (Å²) >= 11 is 0. The quantitative estimate of drug-likeness (QED) is 0.180. The molecular formula is C38H40FN3O6. The van der Waals surface area contributed by atoms with E-state index < -0.39 is 40.4 Å². The largest absolute Gasteiger partial charge is 0.479 e. The van der Waals surface area contributed by atoms with E-state index in [0.29, 0.717) is 24.1 Å². The summed E-state index contributed by atoms with van der Waals surface area (Å²) in [6.07, 6.45) is 2.42. The average Bonchev–Trinajstić information content (AvgIpc) is 3.59. The number of carbonyl (C=O) groups excluding carboxylic acids is 2. The molecule has 48 heavy (non-hydrogen) atoms. The Morgan fingerprint density at radius 1 is 0.896 bits per heavy atom.